The van der Waals surface area contributed by atoms with Gasteiger partial charge in [0.15, 0.2) is 6.04 Å². The van der Waals surface area contributed by atoms with E-state index in [-0.39, 0.29) is 0 Å². The SMILES string of the molecule is CC(C)C[C@H](c1nnnn1Cc1ccco1)[NH+]1CC[NH+](C)CC1. The number of tetrazole rings is 1. The molecule has 126 valence electrons. The Morgan fingerprint density at radius 3 is 2.70 bits per heavy atom. The molecule has 2 N–H and O–H groups in total. The van der Waals surface area contributed by atoms with Crippen LogP contribution in [0.15, 0.2) is 22.8 Å². The molecule has 1 atom stereocenters. The van der Waals surface area contributed by atoms with Gasteiger partial charge in [0.05, 0.1) is 13.3 Å². The van der Waals surface area contributed by atoms with Crippen LogP contribution in [0.1, 0.15) is 37.9 Å². The van der Waals surface area contributed by atoms with Gasteiger partial charge in [0.25, 0.3) is 0 Å². The number of piperazine rings is 1. The lowest BCUT2D eigenvalue weighted by molar-refractivity contribution is -1.02. The molecule has 7 heteroatoms. The number of hydrogen-bond donors (Lipinski definition) is 2. The van der Waals surface area contributed by atoms with Gasteiger partial charge in [-0.05, 0) is 28.5 Å². The molecule has 0 radical (unpaired) electrons. The van der Waals surface area contributed by atoms with Crippen molar-refractivity contribution in [3.63, 3.8) is 0 Å². The average Bonchev–Trinajstić information content (AvgIpc) is 3.18. The molecular weight excluding hydrogens is 292 g/mol. The maximum absolute atomic E-state index is 5.46. The Morgan fingerprint density at radius 2 is 2.04 bits per heavy atom. The first kappa shape index (κ1) is 16.1. The molecule has 0 spiro atoms. The minimum atomic E-state index is 0.355. The van der Waals surface area contributed by atoms with E-state index in [1.165, 1.54) is 26.2 Å². The van der Waals surface area contributed by atoms with Gasteiger partial charge >= 0.3 is 0 Å². The van der Waals surface area contributed by atoms with E-state index in [4.69, 9.17) is 4.42 Å². The Hall–Kier alpha value is -1.73. The highest BCUT2D eigenvalue weighted by Gasteiger charge is 2.33. The van der Waals surface area contributed by atoms with Gasteiger partial charge in [0.2, 0.25) is 5.82 Å². The quantitative estimate of drug-likeness (QED) is 0.703. The molecule has 7 nitrogen and oxygen atoms in total. The lowest BCUT2D eigenvalue weighted by Gasteiger charge is -2.33. The van der Waals surface area contributed by atoms with Crippen molar-refractivity contribution >= 4 is 0 Å². The van der Waals surface area contributed by atoms with Crippen LogP contribution in [0.5, 0.6) is 0 Å². The van der Waals surface area contributed by atoms with Gasteiger partial charge in [-0.1, -0.05) is 13.8 Å². The van der Waals surface area contributed by atoms with Gasteiger partial charge in [0.1, 0.15) is 38.5 Å². The number of likely N-dealkylation sites (N-methyl/N-ethyl adjacent to an activating group) is 1. The fraction of sp³-hybridized carbons (Fsp3) is 0.688. The van der Waals surface area contributed by atoms with Crippen LogP contribution in [0, 0.1) is 5.92 Å². The zero-order chi connectivity index (χ0) is 16.2. The van der Waals surface area contributed by atoms with Crippen LogP contribution in [0.2, 0.25) is 0 Å². The van der Waals surface area contributed by atoms with Crippen LogP contribution in [0.3, 0.4) is 0 Å². The summed E-state index contributed by atoms with van der Waals surface area (Å²) in [6.07, 6.45) is 2.80. The van der Waals surface area contributed by atoms with Crippen molar-refractivity contribution in [1.29, 1.82) is 0 Å². The van der Waals surface area contributed by atoms with Crippen molar-refractivity contribution in [2.24, 2.45) is 5.92 Å². The highest BCUT2D eigenvalue weighted by atomic mass is 16.3. The number of rotatable bonds is 6. The molecule has 0 bridgehead atoms. The van der Waals surface area contributed by atoms with Crippen molar-refractivity contribution in [2.75, 3.05) is 33.2 Å². The first-order valence-corrected chi connectivity index (χ1v) is 8.57. The molecule has 3 rings (SSSR count). The Bertz CT molecular complexity index is 585. The van der Waals surface area contributed by atoms with E-state index >= 15 is 0 Å². The summed E-state index contributed by atoms with van der Waals surface area (Å²) in [5.41, 5.74) is 0. The Kier molecular flexibility index (Phi) is 5.07. The van der Waals surface area contributed by atoms with Crippen LogP contribution >= 0.6 is 0 Å². The predicted octanol–water partition coefficient (Wildman–Crippen LogP) is -1.19. The molecule has 0 aromatic carbocycles. The summed E-state index contributed by atoms with van der Waals surface area (Å²) < 4.78 is 7.36. The number of quaternary nitrogens is 2. The molecular formula is C16H28N6O+2. The Labute approximate surface area is 137 Å². The van der Waals surface area contributed by atoms with E-state index in [0.717, 1.165) is 18.0 Å². The fourth-order valence-electron chi connectivity index (χ4n) is 3.40. The first-order chi connectivity index (χ1) is 11.1. The normalized spacial score (nSPS) is 23.3. The number of nitrogens with one attached hydrogen (secondary N) is 2. The van der Waals surface area contributed by atoms with E-state index in [1.807, 2.05) is 16.8 Å². The number of hydrogen-bond acceptors (Lipinski definition) is 4. The molecule has 1 aliphatic rings. The molecule has 0 saturated carbocycles. The Balaban J connectivity index is 1.80. The van der Waals surface area contributed by atoms with Crippen molar-refractivity contribution in [3.8, 4) is 0 Å². The lowest BCUT2D eigenvalue weighted by atomic mass is 10.0. The summed E-state index contributed by atoms with van der Waals surface area (Å²) in [6.45, 7) is 9.92. The molecule has 0 amide bonds. The maximum Gasteiger partial charge on any atom is 0.209 e. The van der Waals surface area contributed by atoms with E-state index in [2.05, 4.69) is 36.4 Å². The van der Waals surface area contributed by atoms with E-state index in [1.54, 1.807) is 16.1 Å². The van der Waals surface area contributed by atoms with Crippen LogP contribution in [-0.2, 0) is 6.54 Å². The van der Waals surface area contributed by atoms with Crippen molar-refractivity contribution in [1.82, 2.24) is 20.2 Å². The fourth-order valence-corrected chi connectivity index (χ4v) is 3.40. The van der Waals surface area contributed by atoms with Crippen LogP contribution < -0.4 is 9.80 Å². The van der Waals surface area contributed by atoms with Crippen LogP contribution in [0.4, 0.5) is 0 Å². The van der Waals surface area contributed by atoms with Gasteiger partial charge < -0.3 is 14.2 Å². The second kappa shape index (κ2) is 7.23. The minimum Gasteiger partial charge on any atom is -0.467 e. The van der Waals surface area contributed by atoms with Crippen LogP contribution in [0.25, 0.3) is 0 Å². The molecule has 2 aromatic heterocycles. The van der Waals surface area contributed by atoms with Gasteiger partial charge in [-0.25, -0.2) is 4.68 Å². The first-order valence-electron chi connectivity index (χ1n) is 8.57. The molecule has 1 fully saturated rings. The largest absolute Gasteiger partial charge is 0.467 e. The van der Waals surface area contributed by atoms with Crippen molar-refractivity contribution in [2.45, 2.75) is 32.9 Å². The molecule has 2 aromatic rings. The second-order valence-electron chi connectivity index (χ2n) is 7.07. The third-order valence-electron chi connectivity index (χ3n) is 4.70. The standard InChI is InChI=1S/C16H26N6O/c1-13(2)11-15(21-8-6-20(3)7-9-21)16-17-18-19-22(16)12-14-5-4-10-23-14/h4-5,10,13,15H,6-9,11-12H2,1-3H3/p+2/t15-/m1/s1. The second-order valence-corrected chi connectivity index (χ2v) is 7.07. The summed E-state index contributed by atoms with van der Waals surface area (Å²) in [6, 6.07) is 4.22. The molecule has 0 unspecified atom stereocenters. The number of aromatic nitrogens is 4. The molecule has 23 heavy (non-hydrogen) atoms. The molecule has 0 aliphatic carbocycles. The van der Waals surface area contributed by atoms with E-state index < -0.39 is 0 Å². The number of furan rings is 1. The van der Waals surface area contributed by atoms with Crippen molar-refractivity contribution < 1.29 is 14.2 Å². The third-order valence-corrected chi connectivity index (χ3v) is 4.70. The zero-order valence-electron chi connectivity index (χ0n) is 14.3. The van der Waals surface area contributed by atoms with E-state index in [9.17, 15) is 0 Å². The smallest absolute Gasteiger partial charge is 0.209 e. The number of nitrogens with zero attached hydrogens (tertiary/aromatic N) is 4. The highest BCUT2D eigenvalue weighted by Crippen LogP contribution is 2.17. The monoisotopic (exact) mass is 320 g/mol. The lowest BCUT2D eigenvalue weighted by Crippen LogP contribution is -3.27. The summed E-state index contributed by atoms with van der Waals surface area (Å²) in [5, 5.41) is 12.5. The highest BCUT2D eigenvalue weighted by molar-refractivity contribution is 5.00. The van der Waals surface area contributed by atoms with E-state index in [0.29, 0.717) is 18.5 Å². The molecule has 1 saturated heterocycles. The van der Waals surface area contributed by atoms with Gasteiger partial charge in [0, 0.05) is 6.42 Å². The van der Waals surface area contributed by atoms with Gasteiger partial charge in [-0.3, -0.25) is 0 Å². The maximum atomic E-state index is 5.46. The summed E-state index contributed by atoms with van der Waals surface area (Å²) in [5.74, 6) is 2.50. The molecule has 1 aliphatic heterocycles. The van der Waals surface area contributed by atoms with Gasteiger partial charge in [-0.15, -0.1) is 5.10 Å². The molecule has 3 heterocycles. The predicted molar refractivity (Wildman–Crippen MR) is 85.1 cm³/mol. The summed E-state index contributed by atoms with van der Waals surface area (Å²) >= 11 is 0. The van der Waals surface area contributed by atoms with Crippen molar-refractivity contribution in [3.05, 3.63) is 30.0 Å². The third kappa shape index (κ3) is 3.97. The summed E-state index contributed by atoms with van der Waals surface area (Å²) in [4.78, 5) is 3.23. The minimum absolute atomic E-state index is 0.355. The average molecular weight is 320 g/mol. The van der Waals surface area contributed by atoms with Crippen LogP contribution in [-0.4, -0.2) is 53.4 Å². The van der Waals surface area contributed by atoms with Gasteiger partial charge in [-0.2, -0.15) is 0 Å². The Morgan fingerprint density at radius 1 is 1.26 bits per heavy atom. The zero-order valence-corrected chi connectivity index (χ0v) is 14.3. The summed E-state index contributed by atoms with van der Waals surface area (Å²) in [7, 11) is 2.27. The topological polar surface area (TPSA) is 65.6 Å².